The van der Waals surface area contributed by atoms with Crippen molar-refractivity contribution < 1.29 is 27.9 Å². The van der Waals surface area contributed by atoms with Crippen LogP contribution in [-0.2, 0) is 27.2 Å². The number of alkyl halides is 2. The number of thiophene rings is 1. The van der Waals surface area contributed by atoms with E-state index in [0.717, 1.165) is 17.7 Å². The Hall–Kier alpha value is -2.87. The van der Waals surface area contributed by atoms with Gasteiger partial charge in [0.15, 0.2) is 5.78 Å². The van der Waals surface area contributed by atoms with Crippen LogP contribution in [0.25, 0.3) is 0 Å². The molecule has 0 bridgehead atoms. The van der Waals surface area contributed by atoms with E-state index in [0.29, 0.717) is 24.1 Å². The number of ketones is 1. The number of nitrogens with zero attached hydrogens (tertiary/aromatic N) is 1. The molecule has 0 radical (unpaired) electrons. The summed E-state index contributed by atoms with van der Waals surface area (Å²) in [6, 6.07) is 13.5. The minimum absolute atomic E-state index is 0.124. The SMILES string of the molecule is COC(=O)c1ccc(CCCN2C(=O)C(F)(F)C[C@]2(C)/C=C/C(=O)[C@H](C)CCCc2ccccc2)s1. The molecule has 1 aromatic heterocycles. The molecule has 0 aliphatic carbocycles. The highest BCUT2D eigenvalue weighted by atomic mass is 32.1. The van der Waals surface area contributed by atoms with Gasteiger partial charge in [-0.1, -0.05) is 43.3 Å². The standard InChI is InChI=1S/C28H33F2NO4S/c1-20(9-7-12-21-10-5-4-6-11-21)23(32)16-17-27(2)19-28(29,30)26(34)31(27)18-8-13-22-14-15-24(36-22)25(33)35-3/h4-6,10-11,14-17,20H,7-9,12-13,18-19H2,1-3H3/b17-16+/t20-,27+/m1/s1. The van der Waals surface area contributed by atoms with Crippen LogP contribution < -0.4 is 0 Å². The third-order valence-corrected chi connectivity index (χ3v) is 7.77. The first kappa shape index (κ1) is 27.7. The lowest BCUT2D eigenvalue weighted by Crippen LogP contribution is -2.43. The van der Waals surface area contributed by atoms with Crippen LogP contribution >= 0.6 is 11.3 Å². The molecule has 0 unspecified atom stereocenters. The maximum atomic E-state index is 14.4. The molecule has 2 atom stereocenters. The highest BCUT2D eigenvalue weighted by molar-refractivity contribution is 7.13. The minimum atomic E-state index is -3.47. The average molecular weight is 518 g/mol. The van der Waals surface area contributed by atoms with E-state index in [1.165, 1.54) is 41.1 Å². The summed E-state index contributed by atoms with van der Waals surface area (Å²) in [5.41, 5.74) is -0.0290. The van der Waals surface area contributed by atoms with Crippen LogP contribution in [0.3, 0.4) is 0 Å². The molecule has 3 rings (SSSR count). The molecular formula is C28H33F2NO4S. The van der Waals surface area contributed by atoms with E-state index in [9.17, 15) is 23.2 Å². The van der Waals surface area contributed by atoms with Crippen molar-refractivity contribution in [1.29, 1.82) is 0 Å². The second kappa shape index (κ2) is 11.9. The average Bonchev–Trinajstić information content (AvgIpc) is 3.39. The Morgan fingerprint density at radius 3 is 2.56 bits per heavy atom. The molecule has 1 fully saturated rings. The zero-order chi connectivity index (χ0) is 26.3. The van der Waals surface area contributed by atoms with Gasteiger partial charge in [-0.2, -0.15) is 8.78 Å². The number of carbonyl (C=O) groups excluding carboxylic acids is 3. The van der Waals surface area contributed by atoms with Crippen molar-refractivity contribution in [2.45, 2.75) is 63.8 Å². The highest BCUT2D eigenvalue weighted by Gasteiger charge is 2.58. The molecular weight excluding hydrogens is 484 g/mol. The Bertz CT molecular complexity index is 1100. The van der Waals surface area contributed by atoms with Gasteiger partial charge in [-0.25, -0.2) is 4.79 Å². The lowest BCUT2D eigenvalue weighted by atomic mass is 9.93. The molecule has 0 N–H and O–H groups in total. The van der Waals surface area contributed by atoms with Crippen molar-refractivity contribution in [3.8, 4) is 0 Å². The highest BCUT2D eigenvalue weighted by Crippen LogP contribution is 2.41. The number of hydrogen-bond donors (Lipinski definition) is 0. The molecule has 1 aliphatic heterocycles. The van der Waals surface area contributed by atoms with Crippen molar-refractivity contribution in [2.75, 3.05) is 13.7 Å². The summed E-state index contributed by atoms with van der Waals surface area (Å²) in [7, 11) is 1.31. The molecule has 1 aromatic carbocycles. The van der Waals surface area contributed by atoms with Crippen LogP contribution in [0.15, 0.2) is 54.6 Å². The fourth-order valence-corrected chi connectivity index (χ4v) is 5.48. The van der Waals surface area contributed by atoms with Crippen LogP contribution in [-0.4, -0.2) is 47.7 Å². The van der Waals surface area contributed by atoms with E-state index in [1.807, 2.05) is 25.1 Å². The number of carbonyl (C=O) groups is 3. The normalized spacial score (nSPS) is 20.1. The third-order valence-electron chi connectivity index (χ3n) is 6.65. The molecule has 2 heterocycles. The number of ether oxygens (including phenoxy) is 1. The van der Waals surface area contributed by atoms with Gasteiger partial charge in [0.1, 0.15) is 4.88 Å². The van der Waals surface area contributed by atoms with Crippen LogP contribution in [0.1, 0.15) is 59.6 Å². The summed E-state index contributed by atoms with van der Waals surface area (Å²) in [5.74, 6) is -5.45. The number of rotatable bonds is 12. The lowest BCUT2D eigenvalue weighted by Gasteiger charge is -2.31. The molecule has 1 aliphatic rings. The summed E-state index contributed by atoms with van der Waals surface area (Å²) in [6.45, 7) is 3.55. The largest absolute Gasteiger partial charge is 0.465 e. The van der Waals surface area contributed by atoms with E-state index in [1.54, 1.807) is 19.1 Å². The lowest BCUT2D eigenvalue weighted by molar-refractivity contribution is -0.148. The van der Waals surface area contributed by atoms with Crippen LogP contribution in [0.2, 0.25) is 0 Å². The van der Waals surface area contributed by atoms with E-state index in [4.69, 9.17) is 4.74 Å². The van der Waals surface area contributed by atoms with Crippen LogP contribution in [0.4, 0.5) is 8.78 Å². The van der Waals surface area contributed by atoms with Gasteiger partial charge in [0, 0.05) is 23.8 Å². The predicted octanol–water partition coefficient (Wildman–Crippen LogP) is 5.88. The summed E-state index contributed by atoms with van der Waals surface area (Å²) in [6.07, 6.45) is 5.60. The van der Waals surface area contributed by atoms with Gasteiger partial charge >= 0.3 is 11.9 Å². The van der Waals surface area contributed by atoms with Gasteiger partial charge in [0.05, 0.1) is 12.6 Å². The number of amides is 1. The maximum Gasteiger partial charge on any atom is 0.348 e. The predicted molar refractivity (Wildman–Crippen MR) is 136 cm³/mol. The second-order valence-corrected chi connectivity index (χ2v) is 10.7. The monoisotopic (exact) mass is 517 g/mol. The zero-order valence-electron chi connectivity index (χ0n) is 21.0. The van der Waals surface area contributed by atoms with Crippen LogP contribution in [0, 0.1) is 5.92 Å². The van der Waals surface area contributed by atoms with E-state index >= 15 is 0 Å². The molecule has 0 saturated carbocycles. The topological polar surface area (TPSA) is 63.7 Å². The van der Waals surface area contributed by atoms with Gasteiger partial charge < -0.3 is 9.64 Å². The summed E-state index contributed by atoms with van der Waals surface area (Å²) in [5, 5.41) is 0. The maximum absolute atomic E-state index is 14.4. The first-order valence-corrected chi connectivity index (χ1v) is 13.0. The fourth-order valence-electron chi connectivity index (χ4n) is 4.52. The van der Waals surface area contributed by atoms with Gasteiger partial charge in [-0.3, -0.25) is 9.59 Å². The number of halogens is 2. The zero-order valence-corrected chi connectivity index (χ0v) is 21.8. The molecule has 36 heavy (non-hydrogen) atoms. The first-order valence-electron chi connectivity index (χ1n) is 12.2. The second-order valence-electron chi connectivity index (χ2n) is 9.57. The fraction of sp³-hybridized carbons (Fsp3) is 0.464. The van der Waals surface area contributed by atoms with Gasteiger partial charge in [0.25, 0.3) is 5.91 Å². The Balaban J connectivity index is 1.58. The van der Waals surface area contributed by atoms with Crippen molar-refractivity contribution in [3.63, 3.8) is 0 Å². The van der Waals surface area contributed by atoms with Gasteiger partial charge in [-0.05, 0) is 62.8 Å². The van der Waals surface area contributed by atoms with Crippen molar-refractivity contribution in [1.82, 2.24) is 4.90 Å². The number of aryl methyl sites for hydroxylation is 2. The smallest absolute Gasteiger partial charge is 0.348 e. The molecule has 1 amide bonds. The molecule has 2 aromatic rings. The number of hydrogen-bond acceptors (Lipinski definition) is 5. The van der Waals surface area contributed by atoms with E-state index in [2.05, 4.69) is 12.1 Å². The number of methoxy groups -OCH3 is 1. The van der Waals surface area contributed by atoms with Crippen molar-refractivity contribution in [2.24, 2.45) is 5.92 Å². The Kier molecular flexibility index (Phi) is 9.17. The van der Waals surface area contributed by atoms with E-state index < -0.39 is 29.8 Å². The minimum Gasteiger partial charge on any atom is -0.465 e. The first-order chi connectivity index (χ1) is 17.1. The third kappa shape index (κ3) is 6.87. The van der Waals surface area contributed by atoms with Crippen molar-refractivity contribution in [3.05, 3.63) is 69.9 Å². The summed E-state index contributed by atoms with van der Waals surface area (Å²) >= 11 is 1.29. The van der Waals surface area contributed by atoms with Crippen molar-refractivity contribution >= 4 is 29.0 Å². The summed E-state index contributed by atoms with van der Waals surface area (Å²) < 4.78 is 33.5. The van der Waals surface area contributed by atoms with Crippen LogP contribution in [0.5, 0.6) is 0 Å². The Morgan fingerprint density at radius 1 is 1.14 bits per heavy atom. The van der Waals surface area contributed by atoms with Gasteiger partial charge in [0.2, 0.25) is 0 Å². The molecule has 8 heteroatoms. The number of allylic oxidation sites excluding steroid dienone is 1. The molecule has 194 valence electrons. The van der Waals surface area contributed by atoms with Gasteiger partial charge in [-0.15, -0.1) is 11.3 Å². The number of likely N-dealkylation sites (tertiary alicyclic amines) is 1. The summed E-state index contributed by atoms with van der Waals surface area (Å²) in [4.78, 5) is 39.4. The Morgan fingerprint density at radius 2 is 1.86 bits per heavy atom. The van der Waals surface area contributed by atoms with E-state index in [-0.39, 0.29) is 18.2 Å². The Labute approximate surface area is 215 Å². The number of benzene rings is 1. The quantitative estimate of drug-likeness (QED) is 0.261. The molecule has 0 spiro atoms. The molecule has 1 saturated heterocycles. The molecule has 5 nitrogen and oxygen atoms in total. The number of esters is 1.